The highest BCUT2D eigenvalue weighted by molar-refractivity contribution is 6.29. The van der Waals surface area contributed by atoms with Gasteiger partial charge in [-0.2, -0.15) is 0 Å². The number of nitro benzene ring substituents is 1. The zero-order valence-corrected chi connectivity index (χ0v) is 13.3. The highest BCUT2D eigenvalue weighted by Crippen LogP contribution is 2.27. The van der Waals surface area contributed by atoms with Crippen molar-refractivity contribution in [1.82, 2.24) is 14.5 Å². The second kappa shape index (κ2) is 6.22. The van der Waals surface area contributed by atoms with Gasteiger partial charge in [0, 0.05) is 25.2 Å². The van der Waals surface area contributed by atoms with Gasteiger partial charge >= 0.3 is 0 Å². The maximum atomic E-state index is 10.8. The van der Waals surface area contributed by atoms with Crippen molar-refractivity contribution in [2.45, 2.75) is 32.9 Å². The Hall–Kier alpha value is -1.66. The SMILES string of the molecule is CCCC1CCN(Cn2c(Cl)nc3cc([N+](=O)[O-])ccc32)C1. The molecule has 7 heteroatoms. The lowest BCUT2D eigenvalue weighted by Crippen LogP contribution is -2.24. The Balaban J connectivity index is 1.82. The molecule has 0 radical (unpaired) electrons. The van der Waals surface area contributed by atoms with Crippen LogP contribution in [0.15, 0.2) is 18.2 Å². The molecule has 1 aliphatic rings. The van der Waals surface area contributed by atoms with Crippen LogP contribution < -0.4 is 0 Å². The van der Waals surface area contributed by atoms with Crippen LogP contribution in [0.1, 0.15) is 26.2 Å². The zero-order chi connectivity index (χ0) is 15.7. The molecule has 0 saturated carbocycles. The highest BCUT2D eigenvalue weighted by atomic mass is 35.5. The molecule has 118 valence electrons. The standard InChI is InChI=1S/C15H19ClN4O2/c1-2-3-11-6-7-18(9-11)10-19-14-5-4-12(20(21)22)8-13(14)17-15(19)16/h4-5,8,11H,2-3,6-7,9-10H2,1H3. The van der Waals surface area contributed by atoms with Gasteiger partial charge in [0.15, 0.2) is 0 Å². The smallest absolute Gasteiger partial charge is 0.271 e. The van der Waals surface area contributed by atoms with Crippen molar-refractivity contribution >= 4 is 28.3 Å². The summed E-state index contributed by atoms with van der Waals surface area (Å²) in [5, 5.41) is 11.2. The topological polar surface area (TPSA) is 64.2 Å². The zero-order valence-electron chi connectivity index (χ0n) is 12.5. The molecule has 0 bridgehead atoms. The summed E-state index contributed by atoms with van der Waals surface area (Å²) in [5.41, 5.74) is 1.45. The molecule has 1 aliphatic heterocycles. The molecule has 2 aromatic rings. The number of halogens is 1. The quantitative estimate of drug-likeness (QED) is 0.622. The van der Waals surface area contributed by atoms with E-state index in [1.807, 2.05) is 4.57 Å². The number of fused-ring (bicyclic) bond motifs is 1. The van der Waals surface area contributed by atoms with Crippen LogP contribution >= 0.6 is 11.6 Å². The summed E-state index contributed by atoms with van der Waals surface area (Å²) in [6.07, 6.45) is 3.71. The minimum absolute atomic E-state index is 0.0398. The van der Waals surface area contributed by atoms with Crippen molar-refractivity contribution in [3.05, 3.63) is 33.6 Å². The largest absolute Gasteiger partial charge is 0.301 e. The van der Waals surface area contributed by atoms with E-state index < -0.39 is 4.92 Å². The molecule has 0 amide bonds. The number of hydrogen-bond donors (Lipinski definition) is 0. The molecule has 0 spiro atoms. The molecule has 0 aliphatic carbocycles. The molecular weight excluding hydrogens is 304 g/mol. The van der Waals surface area contributed by atoms with Gasteiger partial charge in [-0.25, -0.2) is 4.98 Å². The van der Waals surface area contributed by atoms with Crippen molar-refractivity contribution in [3.63, 3.8) is 0 Å². The Morgan fingerprint density at radius 1 is 1.50 bits per heavy atom. The molecule has 6 nitrogen and oxygen atoms in total. The molecule has 1 aromatic heterocycles. The van der Waals surface area contributed by atoms with Gasteiger partial charge in [-0.05, 0) is 36.4 Å². The minimum atomic E-state index is -0.415. The highest BCUT2D eigenvalue weighted by Gasteiger charge is 2.23. The molecule has 1 unspecified atom stereocenters. The Morgan fingerprint density at radius 3 is 3.05 bits per heavy atom. The lowest BCUT2D eigenvalue weighted by atomic mass is 10.0. The van der Waals surface area contributed by atoms with Crippen LogP contribution in [0.4, 0.5) is 5.69 Å². The second-order valence-corrected chi connectivity index (χ2v) is 6.24. The van der Waals surface area contributed by atoms with Crippen LogP contribution in [0, 0.1) is 16.0 Å². The number of aromatic nitrogens is 2. The average Bonchev–Trinajstić information content (AvgIpc) is 3.04. The third-order valence-electron chi connectivity index (χ3n) is 4.30. The monoisotopic (exact) mass is 322 g/mol. The van der Waals surface area contributed by atoms with E-state index in [1.54, 1.807) is 6.07 Å². The second-order valence-electron chi connectivity index (χ2n) is 5.90. The van der Waals surface area contributed by atoms with Gasteiger partial charge in [-0.3, -0.25) is 15.0 Å². The normalized spacial score (nSPS) is 19.1. The number of nitro groups is 1. The fourth-order valence-electron chi connectivity index (χ4n) is 3.22. The van der Waals surface area contributed by atoms with E-state index in [-0.39, 0.29) is 5.69 Å². The van der Waals surface area contributed by atoms with E-state index in [0.717, 1.165) is 24.5 Å². The van der Waals surface area contributed by atoms with E-state index in [0.29, 0.717) is 17.5 Å². The number of likely N-dealkylation sites (tertiary alicyclic amines) is 1. The number of imidazole rings is 1. The van der Waals surface area contributed by atoms with Gasteiger partial charge in [0.25, 0.3) is 5.69 Å². The first-order chi connectivity index (χ1) is 10.6. The summed E-state index contributed by atoms with van der Waals surface area (Å²) in [4.78, 5) is 17.0. The van der Waals surface area contributed by atoms with E-state index in [9.17, 15) is 10.1 Å². The Kier molecular flexibility index (Phi) is 4.31. The third kappa shape index (κ3) is 2.94. The average molecular weight is 323 g/mol. The van der Waals surface area contributed by atoms with Crippen LogP contribution in [-0.4, -0.2) is 32.5 Å². The molecule has 22 heavy (non-hydrogen) atoms. The van der Waals surface area contributed by atoms with Crippen LogP contribution in [0.25, 0.3) is 11.0 Å². The van der Waals surface area contributed by atoms with Gasteiger partial charge in [0.2, 0.25) is 5.28 Å². The predicted octanol–water partition coefficient (Wildman–Crippen LogP) is 3.68. The van der Waals surface area contributed by atoms with E-state index >= 15 is 0 Å². The fourth-order valence-corrected chi connectivity index (χ4v) is 3.46. The van der Waals surface area contributed by atoms with Crippen molar-refractivity contribution in [2.75, 3.05) is 13.1 Å². The maximum Gasteiger partial charge on any atom is 0.271 e. The molecule has 1 saturated heterocycles. The first-order valence-corrected chi connectivity index (χ1v) is 7.98. The van der Waals surface area contributed by atoms with Gasteiger partial charge in [-0.1, -0.05) is 13.3 Å². The summed E-state index contributed by atoms with van der Waals surface area (Å²) >= 11 is 6.23. The number of rotatable bonds is 5. The van der Waals surface area contributed by atoms with Crippen LogP contribution in [0.2, 0.25) is 5.28 Å². The van der Waals surface area contributed by atoms with Crippen LogP contribution in [0.3, 0.4) is 0 Å². The lowest BCUT2D eigenvalue weighted by molar-refractivity contribution is -0.384. The summed E-state index contributed by atoms with van der Waals surface area (Å²) in [7, 11) is 0. The van der Waals surface area contributed by atoms with Crippen molar-refractivity contribution in [3.8, 4) is 0 Å². The molecule has 1 fully saturated rings. The van der Waals surface area contributed by atoms with E-state index in [4.69, 9.17) is 11.6 Å². The first kappa shape index (κ1) is 15.2. The molecule has 1 atom stereocenters. The maximum absolute atomic E-state index is 10.8. The molecule has 0 N–H and O–H groups in total. The number of hydrogen-bond acceptors (Lipinski definition) is 4. The Bertz CT molecular complexity index is 700. The summed E-state index contributed by atoms with van der Waals surface area (Å²) < 4.78 is 1.93. The van der Waals surface area contributed by atoms with Gasteiger partial charge < -0.3 is 4.57 Å². The molecular formula is C15H19ClN4O2. The van der Waals surface area contributed by atoms with Gasteiger partial charge in [0.1, 0.15) is 0 Å². The molecule has 3 rings (SSSR count). The van der Waals surface area contributed by atoms with Crippen molar-refractivity contribution in [2.24, 2.45) is 5.92 Å². The van der Waals surface area contributed by atoms with Gasteiger partial charge in [-0.15, -0.1) is 0 Å². The van der Waals surface area contributed by atoms with Gasteiger partial charge in [0.05, 0.1) is 22.6 Å². The molecule has 1 aromatic carbocycles. The van der Waals surface area contributed by atoms with Crippen molar-refractivity contribution in [1.29, 1.82) is 0 Å². The lowest BCUT2D eigenvalue weighted by Gasteiger charge is -2.17. The minimum Gasteiger partial charge on any atom is -0.301 e. The number of benzene rings is 1. The van der Waals surface area contributed by atoms with Crippen LogP contribution in [0.5, 0.6) is 0 Å². The fraction of sp³-hybridized carbons (Fsp3) is 0.533. The number of non-ortho nitro benzene ring substituents is 1. The number of nitrogens with zero attached hydrogens (tertiary/aromatic N) is 4. The summed E-state index contributed by atoms with van der Waals surface area (Å²) in [6, 6.07) is 4.70. The van der Waals surface area contributed by atoms with E-state index in [1.165, 1.54) is 31.4 Å². The third-order valence-corrected chi connectivity index (χ3v) is 4.59. The Morgan fingerprint density at radius 2 is 2.32 bits per heavy atom. The van der Waals surface area contributed by atoms with Crippen molar-refractivity contribution < 1.29 is 4.92 Å². The van der Waals surface area contributed by atoms with Crippen LogP contribution in [-0.2, 0) is 6.67 Å². The first-order valence-electron chi connectivity index (χ1n) is 7.61. The summed E-state index contributed by atoms with van der Waals surface area (Å²) in [6.45, 7) is 5.05. The summed E-state index contributed by atoms with van der Waals surface area (Å²) in [5.74, 6) is 0.764. The molecule has 2 heterocycles. The Labute approximate surface area is 133 Å². The van der Waals surface area contributed by atoms with E-state index in [2.05, 4.69) is 16.8 Å². The predicted molar refractivity (Wildman–Crippen MR) is 86.0 cm³/mol.